The van der Waals surface area contributed by atoms with Crippen LogP contribution in [0.25, 0.3) is 11.4 Å². The van der Waals surface area contributed by atoms with Gasteiger partial charge < -0.3 is 9.42 Å². The number of benzene rings is 1. The summed E-state index contributed by atoms with van der Waals surface area (Å²) in [6.07, 6.45) is 6.68. The minimum atomic E-state index is -0.160. The van der Waals surface area contributed by atoms with Crippen molar-refractivity contribution >= 4 is 5.91 Å². The topological polar surface area (TPSA) is 97.9 Å². The average molecular weight is 412 g/mol. The monoisotopic (exact) mass is 412 g/mol. The summed E-state index contributed by atoms with van der Waals surface area (Å²) in [6, 6.07) is 13.6. The minimum absolute atomic E-state index is 0.0138. The fourth-order valence-electron chi connectivity index (χ4n) is 3.91. The molecule has 2 atom stereocenters. The Hall–Kier alpha value is -3.94. The lowest BCUT2D eigenvalue weighted by atomic mass is 9.90. The number of carbonyl (C=O) groups excluding carboxylic acids is 1. The number of rotatable bonds is 4. The van der Waals surface area contributed by atoms with Crippen LogP contribution in [0.1, 0.15) is 39.5 Å². The molecular formula is C23H20N6O2. The number of pyridine rings is 1. The zero-order valence-corrected chi connectivity index (χ0v) is 16.9. The van der Waals surface area contributed by atoms with E-state index in [2.05, 4.69) is 25.1 Å². The third kappa shape index (κ3) is 3.79. The van der Waals surface area contributed by atoms with Crippen molar-refractivity contribution in [2.45, 2.75) is 18.8 Å². The van der Waals surface area contributed by atoms with Gasteiger partial charge >= 0.3 is 0 Å². The third-order valence-corrected chi connectivity index (χ3v) is 5.51. The average Bonchev–Trinajstić information content (AvgIpc) is 3.48. The fraction of sp³-hybridized carbons (Fsp3) is 0.217. The van der Waals surface area contributed by atoms with Crippen LogP contribution in [0.3, 0.4) is 0 Å². The number of hydrogen-bond donors (Lipinski definition) is 0. The number of nitrogens with zero attached hydrogens (tertiary/aromatic N) is 6. The lowest BCUT2D eigenvalue weighted by Crippen LogP contribution is -2.29. The molecule has 1 saturated heterocycles. The van der Waals surface area contributed by atoms with Crippen molar-refractivity contribution in [3.05, 3.63) is 90.1 Å². The molecule has 4 heterocycles. The molecule has 0 spiro atoms. The Labute approximate surface area is 179 Å². The van der Waals surface area contributed by atoms with Crippen molar-refractivity contribution in [1.82, 2.24) is 30.0 Å². The Morgan fingerprint density at radius 3 is 2.58 bits per heavy atom. The molecule has 0 aliphatic carbocycles. The molecule has 0 unspecified atom stereocenters. The molecular weight excluding hydrogens is 392 g/mol. The second-order valence-electron chi connectivity index (χ2n) is 7.57. The normalized spacial score (nSPS) is 18.3. The van der Waals surface area contributed by atoms with Gasteiger partial charge in [-0.2, -0.15) is 4.98 Å². The van der Waals surface area contributed by atoms with Gasteiger partial charge in [0.25, 0.3) is 5.91 Å². The molecule has 0 radical (unpaired) electrons. The summed E-state index contributed by atoms with van der Waals surface area (Å²) in [5.74, 6) is 0.732. The quantitative estimate of drug-likeness (QED) is 0.507. The fourth-order valence-corrected chi connectivity index (χ4v) is 3.91. The molecule has 154 valence electrons. The van der Waals surface area contributed by atoms with Gasteiger partial charge in [0.2, 0.25) is 11.7 Å². The molecule has 0 N–H and O–H groups in total. The van der Waals surface area contributed by atoms with Gasteiger partial charge in [0.05, 0.1) is 17.8 Å². The smallest absolute Gasteiger partial charge is 0.274 e. The molecule has 1 fully saturated rings. The van der Waals surface area contributed by atoms with Crippen LogP contribution in [-0.2, 0) is 0 Å². The maximum Gasteiger partial charge on any atom is 0.274 e. The van der Waals surface area contributed by atoms with Crippen LogP contribution in [0, 0.1) is 6.92 Å². The summed E-state index contributed by atoms with van der Waals surface area (Å²) in [5.41, 5.74) is 3.00. The Morgan fingerprint density at radius 1 is 1.00 bits per heavy atom. The van der Waals surface area contributed by atoms with E-state index in [0.717, 1.165) is 16.8 Å². The number of hydrogen-bond acceptors (Lipinski definition) is 7. The summed E-state index contributed by atoms with van der Waals surface area (Å²) >= 11 is 0. The minimum Gasteiger partial charge on any atom is -0.339 e. The zero-order chi connectivity index (χ0) is 21.2. The second-order valence-corrected chi connectivity index (χ2v) is 7.57. The van der Waals surface area contributed by atoms with Crippen LogP contribution in [0.15, 0.2) is 71.8 Å². The number of carbonyl (C=O) groups is 1. The van der Waals surface area contributed by atoms with Gasteiger partial charge in [-0.1, -0.05) is 41.6 Å². The maximum atomic E-state index is 13.1. The highest BCUT2D eigenvalue weighted by molar-refractivity contribution is 5.92. The van der Waals surface area contributed by atoms with Crippen LogP contribution in [0.2, 0.25) is 0 Å². The molecule has 4 aromatic rings. The van der Waals surface area contributed by atoms with E-state index in [1.165, 1.54) is 6.20 Å². The molecule has 3 aromatic heterocycles. The highest BCUT2D eigenvalue weighted by Gasteiger charge is 2.41. The van der Waals surface area contributed by atoms with Gasteiger partial charge in [0.1, 0.15) is 5.69 Å². The Balaban J connectivity index is 1.46. The largest absolute Gasteiger partial charge is 0.339 e. The van der Waals surface area contributed by atoms with Crippen molar-refractivity contribution in [1.29, 1.82) is 0 Å². The van der Waals surface area contributed by atoms with Crippen molar-refractivity contribution in [2.75, 3.05) is 13.1 Å². The van der Waals surface area contributed by atoms with Gasteiger partial charge in [-0.15, -0.1) is 0 Å². The molecule has 1 aromatic carbocycles. The summed E-state index contributed by atoms with van der Waals surface area (Å²) in [5, 5.41) is 4.17. The van der Waals surface area contributed by atoms with E-state index in [-0.39, 0.29) is 17.7 Å². The van der Waals surface area contributed by atoms with Gasteiger partial charge in [-0.25, -0.2) is 4.98 Å². The molecule has 1 aliphatic rings. The molecule has 5 rings (SSSR count). The predicted octanol–water partition coefficient (Wildman–Crippen LogP) is 3.25. The van der Waals surface area contributed by atoms with E-state index in [0.29, 0.717) is 30.5 Å². The van der Waals surface area contributed by atoms with Gasteiger partial charge in [0.15, 0.2) is 0 Å². The molecule has 8 nitrogen and oxygen atoms in total. The van der Waals surface area contributed by atoms with E-state index in [4.69, 9.17) is 4.52 Å². The molecule has 8 heteroatoms. The van der Waals surface area contributed by atoms with Crippen molar-refractivity contribution in [2.24, 2.45) is 0 Å². The molecule has 1 amide bonds. The molecule has 1 aliphatic heterocycles. The summed E-state index contributed by atoms with van der Waals surface area (Å²) in [6.45, 7) is 2.80. The summed E-state index contributed by atoms with van der Waals surface area (Å²) < 4.78 is 5.66. The molecule has 0 saturated carbocycles. The van der Waals surface area contributed by atoms with Gasteiger partial charge in [-0.05, 0) is 18.6 Å². The number of aryl methyl sites for hydroxylation is 1. The van der Waals surface area contributed by atoms with Crippen molar-refractivity contribution in [3.63, 3.8) is 0 Å². The SMILES string of the molecule is Cc1cnc(C(=O)N2C[C@@H](c3cccnc3)[C@H](c3nc(-c4ccccc4)no3)C2)cn1. The van der Waals surface area contributed by atoms with E-state index in [1.54, 1.807) is 17.3 Å². The third-order valence-electron chi connectivity index (χ3n) is 5.51. The number of aromatic nitrogens is 5. The van der Waals surface area contributed by atoms with Crippen molar-refractivity contribution in [3.8, 4) is 11.4 Å². The van der Waals surface area contributed by atoms with E-state index < -0.39 is 0 Å². The summed E-state index contributed by atoms with van der Waals surface area (Å²) in [4.78, 5) is 32.2. The van der Waals surface area contributed by atoms with Crippen LogP contribution < -0.4 is 0 Å². The second kappa shape index (κ2) is 8.06. The predicted molar refractivity (Wildman–Crippen MR) is 112 cm³/mol. The van der Waals surface area contributed by atoms with E-state index >= 15 is 0 Å². The Morgan fingerprint density at radius 2 is 1.84 bits per heavy atom. The molecule has 0 bridgehead atoms. The lowest BCUT2D eigenvalue weighted by molar-refractivity contribution is 0.0781. The molecule has 31 heavy (non-hydrogen) atoms. The Bertz CT molecular complexity index is 1180. The van der Waals surface area contributed by atoms with Crippen LogP contribution in [0.4, 0.5) is 0 Å². The first-order chi connectivity index (χ1) is 15.2. The Kier molecular flexibility index (Phi) is 4.95. The zero-order valence-electron chi connectivity index (χ0n) is 16.9. The summed E-state index contributed by atoms with van der Waals surface area (Å²) in [7, 11) is 0. The first-order valence-electron chi connectivity index (χ1n) is 10.1. The first-order valence-corrected chi connectivity index (χ1v) is 10.1. The van der Waals surface area contributed by atoms with Gasteiger partial charge in [-0.3, -0.25) is 14.8 Å². The highest BCUT2D eigenvalue weighted by atomic mass is 16.5. The van der Waals surface area contributed by atoms with Crippen molar-refractivity contribution < 1.29 is 9.32 Å². The standard InChI is InChI=1S/C23H20N6O2/c1-15-10-26-20(12-25-15)23(30)29-13-18(17-8-5-9-24-11-17)19(14-29)22-27-21(28-31-22)16-6-3-2-4-7-16/h2-12,18-19H,13-14H2,1H3/t18-,19+/m0/s1. The van der Waals surface area contributed by atoms with Crippen LogP contribution >= 0.6 is 0 Å². The highest BCUT2D eigenvalue weighted by Crippen LogP contribution is 2.39. The maximum absolute atomic E-state index is 13.1. The van der Waals surface area contributed by atoms with Gasteiger partial charge in [0, 0.05) is 43.2 Å². The van der Waals surface area contributed by atoms with Crippen LogP contribution in [0.5, 0.6) is 0 Å². The first kappa shape index (κ1) is 19.0. The van der Waals surface area contributed by atoms with Crippen LogP contribution in [-0.4, -0.2) is 49.0 Å². The number of likely N-dealkylation sites (tertiary alicyclic amines) is 1. The number of amides is 1. The van der Waals surface area contributed by atoms with E-state index in [1.807, 2.05) is 55.6 Å². The lowest BCUT2D eigenvalue weighted by Gasteiger charge is -2.15. The van der Waals surface area contributed by atoms with E-state index in [9.17, 15) is 4.79 Å².